The van der Waals surface area contributed by atoms with Crippen LogP contribution in [0, 0.1) is 5.92 Å². The molecule has 0 aromatic heterocycles. The first-order valence-electron chi connectivity index (χ1n) is 7.48. The molecule has 0 radical (unpaired) electrons. The summed E-state index contributed by atoms with van der Waals surface area (Å²) in [5.41, 5.74) is 0.526. The van der Waals surface area contributed by atoms with Crippen molar-refractivity contribution in [2.24, 2.45) is 5.92 Å². The summed E-state index contributed by atoms with van der Waals surface area (Å²) in [5, 5.41) is 0. The van der Waals surface area contributed by atoms with Gasteiger partial charge in [0.25, 0.3) is 0 Å². The highest BCUT2D eigenvalue weighted by Gasteiger charge is 2.54. The first-order chi connectivity index (χ1) is 10.1. The second kappa shape index (κ2) is 5.97. The van der Waals surface area contributed by atoms with E-state index >= 15 is 0 Å². The van der Waals surface area contributed by atoms with Gasteiger partial charge >= 0.3 is 6.18 Å². The highest BCUT2D eigenvalue weighted by Crippen LogP contribution is 2.45. The van der Waals surface area contributed by atoms with Crippen molar-refractivity contribution < 1.29 is 22.6 Å². The van der Waals surface area contributed by atoms with Crippen molar-refractivity contribution >= 4 is 0 Å². The predicted octanol–water partition coefficient (Wildman–Crippen LogP) is 4.61. The van der Waals surface area contributed by atoms with E-state index < -0.39 is 24.7 Å². The molecule has 21 heavy (non-hydrogen) atoms. The van der Waals surface area contributed by atoms with Gasteiger partial charge in [0.1, 0.15) is 6.10 Å². The lowest BCUT2D eigenvalue weighted by atomic mass is 9.89. The van der Waals surface area contributed by atoms with Crippen molar-refractivity contribution in [1.29, 1.82) is 0 Å². The fourth-order valence-corrected chi connectivity index (χ4v) is 3.24. The van der Waals surface area contributed by atoms with Gasteiger partial charge in [-0.15, -0.1) is 0 Å². The molecule has 3 atom stereocenters. The summed E-state index contributed by atoms with van der Waals surface area (Å²) in [6.45, 7) is 0. The number of halogens is 3. The van der Waals surface area contributed by atoms with Gasteiger partial charge in [0.05, 0.1) is 0 Å². The Kier molecular flexibility index (Phi) is 4.22. The van der Waals surface area contributed by atoms with Gasteiger partial charge in [0, 0.05) is 5.92 Å². The van der Waals surface area contributed by atoms with Crippen LogP contribution in [-0.2, 0) is 9.47 Å². The van der Waals surface area contributed by atoms with Gasteiger partial charge in [0.2, 0.25) is 0 Å². The monoisotopic (exact) mass is 300 g/mol. The number of ether oxygens (including phenoxy) is 2. The van der Waals surface area contributed by atoms with Crippen LogP contribution in [0.3, 0.4) is 0 Å². The number of alkyl halides is 3. The molecule has 0 unspecified atom stereocenters. The Hall–Kier alpha value is -1.07. The molecule has 1 aromatic carbocycles. The molecule has 3 rings (SSSR count). The summed E-state index contributed by atoms with van der Waals surface area (Å²) in [7, 11) is 0. The zero-order valence-electron chi connectivity index (χ0n) is 11.7. The molecule has 1 saturated carbocycles. The number of hydrogen-bond acceptors (Lipinski definition) is 2. The predicted molar refractivity (Wildman–Crippen MR) is 71.6 cm³/mol. The maximum absolute atomic E-state index is 13.2. The molecule has 2 nitrogen and oxygen atoms in total. The van der Waals surface area contributed by atoms with Crippen LogP contribution in [0.15, 0.2) is 30.3 Å². The first-order valence-corrected chi connectivity index (χ1v) is 7.48. The third-order valence-electron chi connectivity index (χ3n) is 4.32. The van der Waals surface area contributed by atoms with Crippen LogP contribution >= 0.6 is 0 Å². The lowest BCUT2D eigenvalue weighted by Crippen LogP contribution is -2.34. The fourth-order valence-electron chi connectivity index (χ4n) is 3.24. The van der Waals surface area contributed by atoms with Gasteiger partial charge in [-0.1, -0.05) is 49.6 Å². The zero-order valence-corrected chi connectivity index (χ0v) is 11.7. The van der Waals surface area contributed by atoms with Crippen LogP contribution in [0.4, 0.5) is 13.2 Å². The standard InChI is InChI=1S/C16H19F3O2/c17-16(18,19)14-13(11-7-3-1-4-8-11)20-15(21-14)12-9-5-2-6-10-12/h1,3-4,7-8,12-15H,2,5-6,9-10H2/t13-,14-,15-/m0/s1. The average molecular weight is 300 g/mol. The summed E-state index contributed by atoms with van der Waals surface area (Å²) >= 11 is 0. The Morgan fingerprint density at radius 2 is 1.57 bits per heavy atom. The van der Waals surface area contributed by atoms with Gasteiger partial charge in [-0.3, -0.25) is 0 Å². The number of hydrogen-bond donors (Lipinski definition) is 0. The second-order valence-electron chi connectivity index (χ2n) is 5.83. The minimum absolute atomic E-state index is 0.0808. The third kappa shape index (κ3) is 3.24. The third-order valence-corrected chi connectivity index (χ3v) is 4.32. The maximum Gasteiger partial charge on any atom is 0.417 e. The van der Waals surface area contributed by atoms with Gasteiger partial charge < -0.3 is 9.47 Å². The molecule has 1 saturated heterocycles. The van der Waals surface area contributed by atoms with Gasteiger partial charge in [-0.2, -0.15) is 13.2 Å². The van der Waals surface area contributed by atoms with Gasteiger partial charge in [-0.25, -0.2) is 0 Å². The molecule has 1 aliphatic heterocycles. The summed E-state index contributed by atoms with van der Waals surface area (Å²) < 4.78 is 50.7. The summed E-state index contributed by atoms with van der Waals surface area (Å²) in [4.78, 5) is 0. The zero-order chi connectivity index (χ0) is 14.9. The molecule has 1 heterocycles. The van der Waals surface area contributed by atoms with E-state index in [1.807, 2.05) is 0 Å². The normalized spacial score (nSPS) is 31.5. The van der Waals surface area contributed by atoms with Crippen molar-refractivity contribution in [3.05, 3.63) is 35.9 Å². The molecule has 0 spiro atoms. The molecular weight excluding hydrogens is 281 g/mol. The molecule has 116 valence electrons. The minimum atomic E-state index is -4.41. The smallest absolute Gasteiger partial charge is 0.341 e. The van der Waals surface area contributed by atoms with Gasteiger partial charge in [-0.05, 0) is 18.4 Å². The van der Waals surface area contributed by atoms with Crippen LogP contribution in [0.1, 0.15) is 43.8 Å². The van der Waals surface area contributed by atoms with E-state index in [1.54, 1.807) is 30.3 Å². The molecule has 1 aromatic rings. The highest BCUT2D eigenvalue weighted by atomic mass is 19.4. The Morgan fingerprint density at radius 1 is 0.905 bits per heavy atom. The van der Waals surface area contributed by atoms with Crippen LogP contribution in [-0.4, -0.2) is 18.6 Å². The largest absolute Gasteiger partial charge is 0.417 e. The second-order valence-corrected chi connectivity index (χ2v) is 5.83. The topological polar surface area (TPSA) is 18.5 Å². The van der Waals surface area contributed by atoms with Crippen LogP contribution in [0.25, 0.3) is 0 Å². The van der Waals surface area contributed by atoms with Crippen molar-refractivity contribution in [3.63, 3.8) is 0 Å². The van der Waals surface area contributed by atoms with Crippen molar-refractivity contribution in [2.75, 3.05) is 0 Å². The highest BCUT2D eigenvalue weighted by molar-refractivity contribution is 5.20. The number of benzene rings is 1. The Morgan fingerprint density at radius 3 is 2.19 bits per heavy atom. The lowest BCUT2D eigenvalue weighted by Gasteiger charge is -2.26. The van der Waals surface area contributed by atoms with Crippen molar-refractivity contribution in [2.45, 2.75) is 56.8 Å². The van der Waals surface area contributed by atoms with Crippen LogP contribution in [0.2, 0.25) is 0 Å². The fraction of sp³-hybridized carbons (Fsp3) is 0.625. The Bertz CT molecular complexity index is 454. The molecule has 0 amide bonds. The molecule has 2 fully saturated rings. The van der Waals surface area contributed by atoms with Crippen LogP contribution < -0.4 is 0 Å². The Labute approximate surface area is 122 Å². The van der Waals surface area contributed by atoms with Crippen LogP contribution in [0.5, 0.6) is 0 Å². The molecular formula is C16H19F3O2. The van der Waals surface area contributed by atoms with E-state index in [0.29, 0.717) is 5.56 Å². The van der Waals surface area contributed by atoms with Crippen molar-refractivity contribution in [3.8, 4) is 0 Å². The molecule has 5 heteroatoms. The molecule has 0 bridgehead atoms. The molecule has 0 N–H and O–H groups in total. The van der Waals surface area contributed by atoms with E-state index in [2.05, 4.69) is 0 Å². The lowest BCUT2D eigenvalue weighted by molar-refractivity contribution is -0.224. The van der Waals surface area contributed by atoms with E-state index in [-0.39, 0.29) is 5.92 Å². The summed E-state index contributed by atoms with van der Waals surface area (Å²) in [5.74, 6) is 0.0808. The minimum Gasteiger partial charge on any atom is -0.341 e. The van der Waals surface area contributed by atoms with E-state index in [9.17, 15) is 13.2 Å². The molecule has 2 aliphatic rings. The van der Waals surface area contributed by atoms with Gasteiger partial charge in [0.15, 0.2) is 12.4 Å². The number of rotatable bonds is 2. The van der Waals surface area contributed by atoms with E-state index in [1.165, 1.54) is 0 Å². The van der Waals surface area contributed by atoms with E-state index in [0.717, 1.165) is 32.1 Å². The first kappa shape index (κ1) is 14.9. The summed E-state index contributed by atoms with van der Waals surface area (Å²) in [6.07, 6.45) is -3.07. The maximum atomic E-state index is 13.2. The quantitative estimate of drug-likeness (QED) is 0.794. The summed E-state index contributed by atoms with van der Waals surface area (Å²) in [6, 6.07) is 8.55. The van der Waals surface area contributed by atoms with E-state index in [4.69, 9.17) is 9.47 Å². The average Bonchev–Trinajstić information content (AvgIpc) is 2.94. The SMILES string of the molecule is FC(F)(F)[C@H]1O[C@@H](C2CCCCC2)O[C@H]1c1ccccc1. The van der Waals surface area contributed by atoms with Crippen molar-refractivity contribution in [1.82, 2.24) is 0 Å². The Balaban J connectivity index is 1.80. The molecule has 1 aliphatic carbocycles.